The van der Waals surface area contributed by atoms with Gasteiger partial charge in [-0.25, -0.2) is 0 Å². The Morgan fingerprint density at radius 1 is 0.947 bits per heavy atom. The van der Waals surface area contributed by atoms with Gasteiger partial charge in [-0.15, -0.1) is 0 Å². The maximum absolute atomic E-state index is 5.65. The first-order valence-electron chi connectivity index (χ1n) is 7.10. The lowest BCUT2D eigenvalue weighted by molar-refractivity contribution is 0.873. The van der Waals surface area contributed by atoms with E-state index in [4.69, 9.17) is 5.73 Å². The van der Waals surface area contributed by atoms with Crippen LogP contribution in [0, 0.1) is 0 Å². The molecule has 0 atom stereocenters. The molecule has 0 unspecified atom stereocenters. The largest absolute Gasteiger partial charge is 0.372 e. The van der Waals surface area contributed by atoms with Crippen molar-refractivity contribution >= 4 is 5.69 Å². The van der Waals surface area contributed by atoms with Crippen molar-refractivity contribution in [2.75, 3.05) is 24.5 Å². The van der Waals surface area contributed by atoms with Gasteiger partial charge in [-0.05, 0) is 55.8 Å². The Balaban J connectivity index is 1.83. The van der Waals surface area contributed by atoms with Gasteiger partial charge < -0.3 is 15.2 Å². The van der Waals surface area contributed by atoms with Crippen LogP contribution in [0.2, 0.25) is 0 Å². The maximum Gasteiger partial charge on any atom is 0.0453 e. The van der Waals surface area contributed by atoms with Gasteiger partial charge in [-0.1, -0.05) is 0 Å². The van der Waals surface area contributed by atoms with Crippen LogP contribution in [0.15, 0.2) is 42.6 Å². The fraction of sp³-hybridized carbons (Fsp3) is 0.375. The lowest BCUT2D eigenvalue weighted by Crippen LogP contribution is -2.17. The van der Waals surface area contributed by atoms with Crippen LogP contribution in [0.5, 0.6) is 0 Å². The molecule has 19 heavy (non-hydrogen) atoms. The first kappa shape index (κ1) is 12.3. The second-order valence-electron chi connectivity index (χ2n) is 5.12. The molecule has 0 radical (unpaired) electrons. The van der Waals surface area contributed by atoms with Crippen molar-refractivity contribution in [3.05, 3.63) is 48.3 Å². The molecule has 3 nitrogen and oxygen atoms in total. The smallest absolute Gasteiger partial charge is 0.0453 e. The van der Waals surface area contributed by atoms with Gasteiger partial charge in [0.15, 0.2) is 0 Å². The predicted molar refractivity (Wildman–Crippen MR) is 80.0 cm³/mol. The number of hydrogen-bond acceptors (Lipinski definition) is 2. The molecular weight excluding hydrogens is 234 g/mol. The summed E-state index contributed by atoms with van der Waals surface area (Å²) >= 11 is 0. The highest BCUT2D eigenvalue weighted by Crippen LogP contribution is 2.22. The van der Waals surface area contributed by atoms with Crippen LogP contribution in [-0.4, -0.2) is 24.2 Å². The zero-order chi connectivity index (χ0) is 13.1. The molecule has 0 bridgehead atoms. The Labute approximate surface area is 114 Å². The molecule has 100 valence electrons. The minimum absolute atomic E-state index is 0.690. The van der Waals surface area contributed by atoms with Gasteiger partial charge in [0.1, 0.15) is 0 Å². The molecule has 2 heterocycles. The van der Waals surface area contributed by atoms with E-state index in [1.54, 1.807) is 0 Å². The van der Waals surface area contributed by atoms with Gasteiger partial charge in [0.2, 0.25) is 0 Å². The summed E-state index contributed by atoms with van der Waals surface area (Å²) in [4.78, 5) is 2.46. The number of nitrogens with two attached hydrogens (primary N) is 1. The van der Waals surface area contributed by atoms with Crippen molar-refractivity contribution in [3.63, 3.8) is 0 Å². The van der Waals surface area contributed by atoms with Crippen molar-refractivity contribution in [2.45, 2.75) is 19.3 Å². The van der Waals surface area contributed by atoms with Crippen molar-refractivity contribution < 1.29 is 0 Å². The molecule has 0 aliphatic carbocycles. The quantitative estimate of drug-likeness (QED) is 0.911. The SMILES string of the molecule is NCCc1cccn1-c1ccc(N2CCCC2)cc1. The van der Waals surface area contributed by atoms with Gasteiger partial charge >= 0.3 is 0 Å². The van der Waals surface area contributed by atoms with Gasteiger partial charge in [0, 0.05) is 42.8 Å². The van der Waals surface area contributed by atoms with E-state index >= 15 is 0 Å². The highest BCUT2D eigenvalue weighted by Gasteiger charge is 2.12. The molecule has 1 aromatic carbocycles. The van der Waals surface area contributed by atoms with E-state index in [0.29, 0.717) is 6.54 Å². The lowest BCUT2D eigenvalue weighted by Gasteiger charge is -2.18. The first-order valence-corrected chi connectivity index (χ1v) is 7.10. The number of anilines is 1. The summed E-state index contributed by atoms with van der Waals surface area (Å²) in [6.45, 7) is 3.08. The van der Waals surface area contributed by atoms with E-state index in [1.165, 1.54) is 43.0 Å². The first-order chi connectivity index (χ1) is 9.38. The van der Waals surface area contributed by atoms with E-state index in [9.17, 15) is 0 Å². The second kappa shape index (κ2) is 5.49. The van der Waals surface area contributed by atoms with Crippen LogP contribution in [0.1, 0.15) is 18.5 Å². The molecule has 1 fully saturated rings. The number of hydrogen-bond donors (Lipinski definition) is 1. The van der Waals surface area contributed by atoms with Crippen LogP contribution in [0.3, 0.4) is 0 Å². The lowest BCUT2D eigenvalue weighted by atomic mass is 10.2. The fourth-order valence-corrected chi connectivity index (χ4v) is 2.82. The summed E-state index contributed by atoms with van der Waals surface area (Å²) in [7, 11) is 0. The molecule has 2 aromatic rings. The average Bonchev–Trinajstić information content (AvgIpc) is 3.10. The Kier molecular flexibility index (Phi) is 3.56. The normalized spacial score (nSPS) is 15.1. The third-order valence-corrected chi connectivity index (χ3v) is 3.83. The maximum atomic E-state index is 5.65. The van der Waals surface area contributed by atoms with Crippen molar-refractivity contribution in [2.24, 2.45) is 5.73 Å². The third-order valence-electron chi connectivity index (χ3n) is 3.83. The summed E-state index contributed by atoms with van der Waals surface area (Å²) in [5.74, 6) is 0. The fourth-order valence-electron chi connectivity index (χ4n) is 2.82. The minimum atomic E-state index is 0.690. The molecule has 1 saturated heterocycles. The minimum Gasteiger partial charge on any atom is -0.372 e. The third kappa shape index (κ3) is 2.51. The topological polar surface area (TPSA) is 34.2 Å². The van der Waals surface area contributed by atoms with Crippen molar-refractivity contribution in [1.29, 1.82) is 0 Å². The molecule has 1 aliphatic heterocycles. The van der Waals surface area contributed by atoms with Crippen LogP contribution in [0.25, 0.3) is 5.69 Å². The molecule has 2 N–H and O–H groups in total. The summed E-state index contributed by atoms with van der Waals surface area (Å²) in [6, 6.07) is 13.1. The van der Waals surface area contributed by atoms with E-state index in [-0.39, 0.29) is 0 Å². The molecule has 0 spiro atoms. The molecule has 1 aromatic heterocycles. The number of rotatable bonds is 4. The summed E-state index contributed by atoms with van der Waals surface area (Å²) in [5.41, 5.74) is 9.49. The van der Waals surface area contributed by atoms with E-state index in [0.717, 1.165) is 6.42 Å². The Morgan fingerprint density at radius 2 is 1.63 bits per heavy atom. The van der Waals surface area contributed by atoms with Crippen molar-refractivity contribution in [1.82, 2.24) is 4.57 Å². The molecular formula is C16H21N3. The zero-order valence-electron chi connectivity index (χ0n) is 11.3. The zero-order valence-corrected chi connectivity index (χ0v) is 11.3. The van der Waals surface area contributed by atoms with Gasteiger partial charge in [0.05, 0.1) is 0 Å². The molecule has 0 amide bonds. The Bertz CT molecular complexity index is 521. The van der Waals surface area contributed by atoms with Crippen LogP contribution < -0.4 is 10.6 Å². The molecule has 3 heteroatoms. The van der Waals surface area contributed by atoms with E-state index in [1.807, 2.05) is 0 Å². The monoisotopic (exact) mass is 255 g/mol. The van der Waals surface area contributed by atoms with Crippen LogP contribution in [0.4, 0.5) is 5.69 Å². The summed E-state index contributed by atoms with van der Waals surface area (Å²) < 4.78 is 2.22. The predicted octanol–water partition coefficient (Wildman–Crippen LogP) is 2.58. The second-order valence-corrected chi connectivity index (χ2v) is 5.12. The van der Waals surface area contributed by atoms with Crippen molar-refractivity contribution in [3.8, 4) is 5.69 Å². The highest BCUT2D eigenvalue weighted by molar-refractivity contribution is 5.52. The molecule has 0 saturated carbocycles. The number of benzene rings is 1. The summed E-state index contributed by atoms with van der Waals surface area (Å²) in [6.07, 6.45) is 5.66. The van der Waals surface area contributed by atoms with E-state index in [2.05, 4.69) is 52.1 Å². The summed E-state index contributed by atoms with van der Waals surface area (Å²) in [5, 5.41) is 0. The highest BCUT2D eigenvalue weighted by atomic mass is 15.1. The van der Waals surface area contributed by atoms with Crippen LogP contribution in [-0.2, 0) is 6.42 Å². The standard InChI is InChI=1S/C16H21N3/c17-10-9-15-4-3-13-19(15)16-7-5-14(6-8-16)18-11-1-2-12-18/h3-8,13H,1-2,9-12,17H2. The van der Waals surface area contributed by atoms with Gasteiger partial charge in [-0.2, -0.15) is 0 Å². The van der Waals surface area contributed by atoms with Crippen LogP contribution >= 0.6 is 0 Å². The molecule has 3 rings (SSSR count). The van der Waals surface area contributed by atoms with E-state index < -0.39 is 0 Å². The number of aromatic nitrogens is 1. The average molecular weight is 255 g/mol. The Morgan fingerprint density at radius 3 is 2.32 bits per heavy atom. The molecule has 1 aliphatic rings. The number of nitrogens with zero attached hydrogens (tertiary/aromatic N) is 2. The Hall–Kier alpha value is -1.74. The van der Waals surface area contributed by atoms with Gasteiger partial charge in [-0.3, -0.25) is 0 Å². The van der Waals surface area contributed by atoms with Gasteiger partial charge in [0.25, 0.3) is 0 Å².